The van der Waals surface area contributed by atoms with E-state index in [1.807, 2.05) is 16.3 Å². The maximum absolute atomic E-state index is 14.3. The maximum atomic E-state index is 14.3. The van der Waals surface area contributed by atoms with E-state index in [-0.39, 0.29) is 11.9 Å². The van der Waals surface area contributed by atoms with E-state index in [1.54, 1.807) is 30.4 Å². The highest BCUT2D eigenvalue weighted by Gasteiger charge is 2.17. The maximum Gasteiger partial charge on any atom is 0.146 e. The normalized spacial score (nSPS) is 12.7. The van der Waals surface area contributed by atoms with Crippen molar-refractivity contribution >= 4 is 17.0 Å². The summed E-state index contributed by atoms with van der Waals surface area (Å²) in [6.07, 6.45) is -0.650. The van der Waals surface area contributed by atoms with E-state index in [1.165, 1.54) is 10.9 Å². The van der Waals surface area contributed by atoms with Crippen molar-refractivity contribution < 1.29 is 9.50 Å². The van der Waals surface area contributed by atoms with Crippen LogP contribution in [0.15, 0.2) is 35.7 Å². The third kappa shape index (κ3) is 3.38. The van der Waals surface area contributed by atoms with Gasteiger partial charge >= 0.3 is 0 Å². The summed E-state index contributed by atoms with van der Waals surface area (Å²) in [6, 6.07) is 9.22. The van der Waals surface area contributed by atoms with Crippen LogP contribution >= 0.6 is 11.3 Å². The molecular formula is C16H20FNOS. The molecule has 0 fully saturated rings. The predicted molar refractivity (Wildman–Crippen MR) is 82.7 cm³/mol. The van der Waals surface area contributed by atoms with Crippen LogP contribution in [0.25, 0.3) is 0 Å². The number of hydrogen-bond acceptors (Lipinski definition) is 3. The molecule has 0 spiro atoms. The Morgan fingerprint density at radius 2 is 2.00 bits per heavy atom. The molecule has 2 aromatic rings. The van der Waals surface area contributed by atoms with Gasteiger partial charge in [-0.25, -0.2) is 4.39 Å². The Bertz CT molecular complexity index is 552. The minimum atomic E-state index is -0.650. The lowest BCUT2D eigenvalue weighted by Crippen LogP contribution is -2.30. The number of aliphatic hydroxyl groups is 1. The fraction of sp³-hybridized carbons (Fsp3) is 0.375. The Balaban J connectivity index is 2.30. The van der Waals surface area contributed by atoms with Crippen LogP contribution in [0.2, 0.25) is 0 Å². The first kappa shape index (κ1) is 15.0. The van der Waals surface area contributed by atoms with E-state index in [0.717, 1.165) is 0 Å². The smallest absolute Gasteiger partial charge is 0.146 e. The van der Waals surface area contributed by atoms with Crippen LogP contribution in [-0.2, 0) is 6.54 Å². The molecule has 0 saturated carbocycles. The Morgan fingerprint density at radius 1 is 1.25 bits per heavy atom. The van der Waals surface area contributed by atoms with Crippen molar-refractivity contribution in [2.45, 2.75) is 39.5 Å². The highest BCUT2D eigenvalue weighted by molar-refractivity contribution is 7.09. The summed E-state index contributed by atoms with van der Waals surface area (Å²) in [6.45, 7) is 6.44. The van der Waals surface area contributed by atoms with Crippen LogP contribution < -0.4 is 4.90 Å². The van der Waals surface area contributed by atoms with Crippen LogP contribution in [0.4, 0.5) is 10.1 Å². The summed E-state index contributed by atoms with van der Waals surface area (Å²) in [7, 11) is 0. The molecule has 0 aliphatic rings. The fourth-order valence-corrected chi connectivity index (χ4v) is 2.83. The number of nitrogens with zero attached hydrogens (tertiary/aromatic N) is 1. The van der Waals surface area contributed by atoms with Crippen molar-refractivity contribution in [2.24, 2.45) is 0 Å². The lowest BCUT2D eigenvalue weighted by molar-refractivity contribution is 0.199. The van der Waals surface area contributed by atoms with Gasteiger partial charge in [0.05, 0.1) is 18.3 Å². The third-order valence-corrected chi connectivity index (χ3v) is 4.15. The van der Waals surface area contributed by atoms with E-state index >= 15 is 0 Å². The van der Waals surface area contributed by atoms with Gasteiger partial charge in [0.15, 0.2) is 0 Å². The first-order valence-electron chi connectivity index (χ1n) is 6.75. The second kappa shape index (κ2) is 6.37. The second-order valence-corrected chi connectivity index (χ2v) is 6.22. The summed E-state index contributed by atoms with van der Waals surface area (Å²) in [4.78, 5) is 3.24. The number of hydrogen-bond donors (Lipinski definition) is 1. The molecule has 1 N–H and O–H groups in total. The zero-order valence-corrected chi connectivity index (χ0v) is 12.8. The molecule has 4 heteroatoms. The molecule has 1 atom stereocenters. The lowest BCUT2D eigenvalue weighted by atomic mass is 10.1. The van der Waals surface area contributed by atoms with E-state index < -0.39 is 6.10 Å². The Kier molecular flexibility index (Phi) is 4.78. The molecule has 0 saturated heterocycles. The summed E-state index contributed by atoms with van der Waals surface area (Å²) < 4.78 is 14.3. The summed E-state index contributed by atoms with van der Waals surface area (Å²) >= 11 is 1.67. The largest absolute Gasteiger partial charge is 0.389 e. The standard InChI is InChI=1S/C16H20FNOS/c1-11(2)18(10-14-5-4-8-20-14)16-7-6-13(12(3)19)9-15(16)17/h4-9,11-12,19H,10H2,1-3H3/t12-/m0/s1. The van der Waals surface area contributed by atoms with Gasteiger partial charge in [0.1, 0.15) is 5.82 Å². The number of aliphatic hydroxyl groups excluding tert-OH is 1. The van der Waals surface area contributed by atoms with Gasteiger partial charge < -0.3 is 10.0 Å². The molecule has 0 unspecified atom stereocenters. The molecule has 1 aromatic carbocycles. The first-order chi connectivity index (χ1) is 9.49. The molecule has 20 heavy (non-hydrogen) atoms. The van der Waals surface area contributed by atoms with Gasteiger partial charge in [-0.05, 0) is 49.9 Å². The van der Waals surface area contributed by atoms with Crippen molar-refractivity contribution in [1.82, 2.24) is 0 Å². The van der Waals surface area contributed by atoms with Gasteiger partial charge in [0.25, 0.3) is 0 Å². The van der Waals surface area contributed by atoms with Crippen LogP contribution in [0.3, 0.4) is 0 Å². The molecule has 0 radical (unpaired) electrons. The van der Waals surface area contributed by atoms with E-state index in [0.29, 0.717) is 17.8 Å². The van der Waals surface area contributed by atoms with Gasteiger partial charge in [0, 0.05) is 10.9 Å². The predicted octanol–water partition coefficient (Wildman–Crippen LogP) is 4.36. The molecule has 0 amide bonds. The molecule has 1 heterocycles. The molecule has 0 aliphatic carbocycles. The highest BCUT2D eigenvalue weighted by Crippen LogP contribution is 2.27. The molecule has 108 valence electrons. The highest BCUT2D eigenvalue weighted by atomic mass is 32.1. The zero-order chi connectivity index (χ0) is 14.7. The van der Waals surface area contributed by atoms with Crippen molar-refractivity contribution in [3.63, 3.8) is 0 Å². The lowest BCUT2D eigenvalue weighted by Gasteiger charge is -2.29. The zero-order valence-electron chi connectivity index (χ0n) is 12.0. The topological polar surface area (TPSA) is 23.5 Å². The van der Waals surface area contributed by atoms with Crippen LogP contribution in [0.5, 0.6) is 0 Å². The van der Waals surface area contributed by atoms with E-state index in [4.69, 9.17) is 0 Å². The van der Waals surface area contributed by atoms with E-state index in [9.17, 15) is 9.50 Å². The van der Waals surface area contributed by atoms with Gasteiger partial charge in [-0.15, -0.1) is 11.3 Å². The van der Waals surface area contributed by atoms with Gasteiger partial charge in [-0.3, -0.25) is 0 Å². The van der Waals surface area contributed by atoms with Crippen molar-refractivity contribution in [3.05, 3.63) is 52.0 Å². The molecule has 0 aliphatic heterocycles. The van der Waals surface area contributed by atoms with Crippen molar-refractivity contribution in [3.8, 4) is 0 Å². The average molecular weight is 293 g/mol. The molecule has 2 nitrogen and oxygen atoms in total. The van der Waals surface area contributed by atoms with E-state index in [2.05, 4.69) is 19.9 Å². The first-order valence-corrected chi connectivity index (χ1v) is 7.63. The molecular weight excluding hydrogens is 273 g/mol. The van der Waals surface area contributed by atoms with Crippen LogP contribution in [-0.4, -0.2) is 11.1 Å². The van der Waals surface area contributed by atoms with Crippen LogP contribution in [0.1, 0.15) is 37.3 Å². The fourth-order valence-electron chi connectivity index (χ4n) is 2.13. The molecule has 1 aromatic heterocycles. The summed E-state index contributed by atoms with van der Waals surface area (Å²) in [5.41, 5.74) is 1.18. The minimum absolute atomic E-state index is 0.198. The number of thiophene rings is 1. The summed E-state index contributed by atoms with van der Waals surface area (Å²) in [5.74, 6) is -0.284. The summed E-state index contributed by atoms with van der Waals surface area (Å²) in [5, 5.41) is 11.5. The third-order valence-electron chi connectivity index (χ3n) is 3.29. The Morgan fingerprint density at radius 3 is 2.50 bits per heavy atom. The van der Waals surface area contributed by atoms with Gasteiger partial charge in [0.2, 0.25) is 0 Å². The van der Waals surface area contributed by atoms with Gasteiger partial charge in [-0.2, -0.15) is 0 Å². The second-order valence-electron chi connectivity index (χ2n) is 5.19. The van der Waals surface area contributed by atoms with Crippen molar-refractivity contribution in [1.29, 1.82) is 0 Å². The molecule has 2 rings (SSSR count). The monoisotopic (exact) mass is 293 g/mol. The number of anilines is 1. The Hall–Kier alpha value is -1.39. The number of rotatable bonds is 5. The molecule has 0 bridgehead atoms. The Labute approximate surface area is 123 Å². The SMILES string of the molecule is CC(C)N(Cc1cccs1)c1ccc([C@H](C)O)cc1F. The van der Waals surface area contributed by atoms with Crippen LogP contribution in [0, 0.1) is 5.82 Å². The number of benzene rings is 1. The average Bonchev–Trinajstić information content (AvgIpc) is 2.89. The minimum Gasteiger partial charge on any atom is -0.389 e. The van der Waals surface area contributed by atoms with Gasteiger partial charge in [-0.1, -0.05) is 12.1 Å². The number of halogens is 1. The quantitative estimate of drug-likeness (QED) is 0.885. The van der Waals surface area contributed by atoms with Crippen molar-refractivity contribution in [2.75, 3.05) is 4.90 Å².